The van der Waals surface area contributed by atoms with Crippen molar-refractivity contribution in [2.75, 3.05) is 0 Å². The van der Waals surface area contributed by atoms with Crippen LogP contribution in [0.15, 0.2) is 18.2 Å². The lowest BCUT2D eigenvalue weighted by molar-refractivity contribution is 0.0934. The normalized spacial score (nSPS) is 18.9. The van der Waals surface area contributed by atoms with E-state index in [4.69, 9.17) is 0 Å². The highest BCUT2D eigenvalue weighted by Crippen LogP contribution is 2.31. The van der Waals surface area contributed by atoms with Gasteiger partial charge in [-0.3, -0.25) is 4.79 Å². The first kappa shape index (κ1) is 11.4. The van der Waals surface area contributed by atoms with Gasteiger partial charge in [0.05, 0.1) is 0 Å². The molecule has 0 spiro atoms. The zero-order valence-corrected chi connectivity index (χ0v) is 10.3. The van der Waals surface area contributed by atoms with Crippen LogP contribution in [-0.2, 0) is 12.8 Å². The summed E-state index contributed by atoms with van der Waals surface area (Å²) in [6.07, 6.45) is 5.52. The molecule has 1 atom stereocenters. The van der Waals surface area contributed by atoms with E-state index in [1.807, 2.05) is 12.1 Å². The Kier molecular flexibility index (Phi) is 3.42. The molecule has 0 saturated heterocycles. The molecule has 0 radical (unpaired) electrons. The monoisotopic (exact) mass is 216 g/mol. The van der Waals surface area contributed by atoms with Crippen LogP contribution >= 0.6 is 0 Å². The van der Waals surface area contributed by atoms with Gasteiger partial charge in [-0.25, -0.2) is 0 Å². The maximum atomic E-state index is 12.1. The number of hydrogen-bond acceptors (Lipinski definition) is 1. The molecule has 1 aromatic carbocycles. The summed E-state index contributed by atoms with van der Waals surface area (Å²) in [5, 5.41) is 0. The molecule has 1 heteroatoms. The first-order valence-corrected chi connectivity index (χ1v) is 6.42. The van der Waals surface area contributed by atoms with Gasteiger partial charge in [0.25, 0.3) is 0 Å². The highest BCUT2D eigenvalue weighted by atomic mass is 16.1. The molecule has 0 aliphatic heterocycles. The van der Waals surface area contributed by atoms with E-state index in [0.717, 1.165) is 24.8 Å². The molecule has 0 saturated carbocycles. The number of carbonyl (C=O) groups is 1. The minimum Gasteiger partial charge on any atom is -0.294 e. The highest BCUT2D eigenvalue weighted by molar-refractivity contribution is 6.02. The lowest BCUT2D eigenvalue weighted by Crippen LogP contribution is -2.06. The fraction of sp³-hybridized carbons (Fsp3) is 0.533. The fourth-order valence-corrected chi connectivity index (χ4v) is 2.60. The van der Waals surface area contributed by atoms with E-state index in [9.17, 15) is 4.79 Å². The molecule has 1 unspecified atom stereocenters. The summed E-state index contributed by atoms with van der Waals surface area (Å²) in [5.41, 5.74) is 3.75. The van der Waals surface area contributed by atoms with Crippen LogP contribution in [0, 0.1) is 5.92 Å². The van der Waals surface area contributed by atoms with Crippen molar-refractivity contribution in [3.05, 3.63) is 34.9 Å². The molecule has 1 aliphatic carbocycles. The summed E-state index contributed by atoms with van der Waals surface area (Å²) in [4.78, 5) is 12.1. The van der Waals surface area contributed by atoms with E-state index >= 15 is 0 Å². The topological polar surface area (TPSA) is 17.1 Å². The van der Waals surface area contributed by atoms with Gasteiger partial charge in [-0.15, -0.1) is 0 Å². The van der Waals surface area contributed by atoms with Gasteiger partial charge in [0.15, 0.2) is 5.78 Å². The molecular formula is C15H20O. The van der Waals surface area contributed by atoms with Crippen LogP contribution in [0.4, 0.5) is 0 Å². The zero-order chi connectivity index (χ0) is 11.5. The van der Waals surface area contributed by atoms with Crippen molar-refractivity contribution in [3.8, 4) is 0 Å². The third-order valence-electron chi connectivity index (χ3n) is 3.65. The summed E-state index contributed by atoms with van der Waals surface area (Å²) < 4.78 is 0. The number of carbonyl (C=O) groups excluding carboxylic acids is 1. The van der Waals surface area contributed by atoms with Gasteiger partial charge in [-0.2, -0.15) is 0 Å². The number of Topliss-reactive ketones (excluding diaryl/α,β-unsaturated/α-hetero) is 1. The molecule has 2 rings (SSSR count). The molecule has 1 nitrogen and oxygen atoms in total. The Morgan fingerprint density at radius 3 is 2.81 bits per heavy atom. The van der Waals surface area contributed by atoms with Crippen LogP contribution in [0.2, 0.25) is 0 Å². The molecular weight excluding hydrogens is 196 g/mol. The van der Waals surface area contributed by atoms with E-state index in [0.29, 0.717) is 5.78 Å². The number of hydrogen-bond donors (Lipinski definition) is 0. The zero-order valence-electron chi connectivity index (χ0n) is 10.3. The van der Waals surface area contributed by atoms with Crippen molar-refractivity contribution in [1.29, 1.82) is 0 Å². The van der Waals surface area contributed by atoms with E-state index < -0.39 is 0 Å². The molecule has 16 heavy (non-hydrogen) atoms. The minimum absolute atomic E-state index is 0.248. The minimum atomic E-state index is 0.248. The summed E-state index contributed by atoms with van der Waals surface area (Å²) in [7, 11) is 0. The van der Waals surface area contributed by atoms with Crippen LogP contribution in [0.5, 0.6) is 0 Å². The second-order valence-corrected chi connectivity index (χ2v) is 4.72. The Hall–Kier alpha value is -1.11. The maximum absolute atomic E-state index is 12.1. The highest BCUT2D eigenvalue weighted by Gasteiger charge is 2.30. The number of benzene rings is 1. The van der Waals surface area contributed by atoms with Gasteiger partial charge in [0, 0.05) is 11.5 Å². The summed E-state index contributed by atoms with van der Waals surface area (Å²) >= 11 is 0. The Morgan fingerprint density at radius 1 is 1.31 bits per heavy atom. The number of fused-ring (bicyclic) bond motifs is 1. The summed E-state index contributed by atoms with van der Waals surface area (Å²) in [6.45, 7) is 4.32. The smallest absolute Gasteiger partial charge is 0.166 e. The third-order valence-corrected chi connectivity index (χ3v) is 3.65. The lowest BCUT2D eigenvalue weighted by atomic mass is 9.98. The number of ketones is 1. The van der Waals surface area contributed by atoms with Crippen LogP contribution in [0.1, 0.15) is 54.6 Å². The number of rotatable bonds is 4. The average Bonchev–Trinajstić information content (AvgIpc) is 2.64. The standard InChI is InChI=1S/C15H20O/c1-3-5-7-12-8-6-9-13-14(12)10-11(4-2)15(13)16/h6,8-9,11H,3-5,7,10H2,1-2H3. The Bertz CT molecular complexity index is 392. The molecule has 0 N–H and O–H groups in total. The molecule has 0 fully saturated rings. The Morgan fingerprint density at radius 2 is 2.12 bits per heavy atom. The quantitative estimate of drug-likeness (QED) is 0.748. The molecule has 0 bridgehead atoms. The van der Waals surface area contributed by atoms with Gasteiger partial charge in [-0.05, 0) is 36.8 Å². The van der Waals surface area contributed by atoms with Crippen molar-refractivity contribution in [2.45, 2.75) is 46.0 Å². The fourth-order valence-electron chi connectivity index (χ4n) is 2.60. The molecule has 1 aliphatic rings. The largest absolute Gasteiger partial charge is 0.294 e. The van der Waals surface area contributed by atoms with Crippen molar-refractivity contribution in [2.24, 2.45) is 5.92 Å². The van der Waals surface area contributed by atoms with Crippen molar-refractivity contribution >= 4 is 5.78 Å². The van der Waals surface area contributed by atoms with E-state index in [-0.39, 0.29) is 5.92 Å². The van der Waals surface area contributed by atoms with Crippen molar-refractivity contribution in [3.63, 3.8) is 0 Å². The first-order valence-electron chi connectivity index (χ1n) is 6.42. The number of unbranched alkanes of at least 4 members (excludes halogenated alkanes) is 1. The van der Waals surface area contributed by atoms with Gasteiger partial charge < -0.3 is 0 Å². The second kappa shape index (κ2) is 4.82. The lowest BCUT2D eigenvalue weighted by Gasteiger charge is -2.06. The van der Waals surface area contributed by atoms with Gasteiger partial charge in [0.1, 0.15) is 0 Å². The van der Waals surface area contributed by atoms with Gasteiger partial charge in [0.2, 0.25) is 0 Å². The maximum Gasteiger partial charge on any atom is 0.166 e. The van der Waals surface area contributed by atoms with Gasteiger partial charge in [-0.1, -0.05) is 38.5 Å². The van der Waals surface area contributed by atoms with E-state index in [1.54, 1.807) is 0 Å². The van der Waals surface area contributed by atoms with Crippen LogP contribution in [0.25, 0.3) is 0 Å². The summed E-state index contributed by atoms with van der Waals surface area (Å²) in [5.74, 6) is 0.619. The van der Waals surface area contributed by atoms with E-state index in [1.165, 1.54) is 24.0 Å². The first-order chi connectivity index (χ1) is 7.77. The Balaban J connectivity index is 2.29. The molecule has 0 amide bonds. The molecule has 86 valence electrons. The predicted octanol–water partition coefficient (Wildman–Crippen LogP) is 3.79. The number of aryl methyl sites for hydroxylation is 1. The molecule has 1 aromatic rings. The Labute approximate surface area is 97.9 Å². The van der Waals surface area contributed by atoms with E-state index in [2.05, 4.69) is 19.9 Å². The van der Waals surface area contributed by atoms with Crippen molar-refractivity contribution < 1.29 is 4.79 Å². The van der Waals surface area contributed by atoms with Crippen LogP contribution < -0.4 is 0 Å². The molecule has 0 aromatic heterocycles. The predicted molar refractivity (Wildman–Crippen MR) is 66.9 cm³/mol. The van der Waals surface area contributed by atoms with Crippen LogP contribution in [-0.4, -0.2) is 5.78 Å². The van der Waals surface area contributed by atoms with Crippen LogP contribution in [0.3, 0.4) is 0 Å². The third kappa shape index (κ3) is 1.91. The second-order valence-electron chi connectivity index (χ2n) is 4.72. The van der Waals surface area contributed by atoms with Crippen molar-refractivity contribution in [1.82, 2.24) is 0 Å². The average molecular weight is 216 g/mol. The summed E-state index contributed by atoms with van der Waals surface area (Å²) in [6, 6.07) is 6.24. The SMILES string of the molecule is CCCCc1cccc2c1CC(CC)C2=O. The molecule has 0 heterocycles. The van der Waals surface area contributed by atoms with Gasteiger partial charge >= 0.3 is 0 Å².